The summed E-state index contributed by atoms with van der Waals surface area (Å²) in [5.41, 5.74) is 0. The van der Waals surface area contributed by atoms with Gasteiger partial charge >= 0.3 is 7.03 Å². The molecule has 0 radical (unpaired) electrons. The molecular weight excluding hydrogens is 209 g/mol. The van der Waals surface area contributed by atoms with E-state index in [-0.39, 0.29) is 13.2 Å². The van der Waals surface area contributed by atoms with Gasteiger partial charge in [0.1, 0.15) is 0 Å². The summed E-state index contributed by atoms with van der Waals surface area (Å²) >= 11 is 4.66. The minimum absolute atomic E-state index is 0.124. The number of hydrogen-bond donors (Lipinski definition) is 0. The average molecular weight is 221 g/mol. The smallest absolute Gasteiger partial charge is 0.382 e. The Hall–Kier alpha value is 0.330. The highest BCUT2D eigenvalue weighted by atomic mass is 35.7. The monoisotopic (exact) mass is 220 g/mol. The number of methoxy groups -OCH3 is 1. The van der Waals surface area contributed by atoms with Crippen LogP contribution >= 0.6 is 18.3 Å². The lowest BCUT2D eigenvalue weighted by Crippen LogP contribution is -2.06. The maximum Gasteiger partial charge on any atom is 0.461 e. The minimum Gasteiger partial charge on any atom is -0.382 e. The molecule has 7 heteroatoms. The summed E-state index contributed by atoms with van der Waals surface area (Å²) in [4.78, 5) is 0. The van der Waals surface area contributed by atoms with Gasteiger partial charge in [0, 0.05) is 18.4 Å². The van der Waals surface area contributed by atoms with E-state index in [1.165, 1.54) is 7.11 Å². The van der Waals surface area contributed by atoms with Gasteiger partial charge in [0.2, 0.25) is 0 Å². The van der Waals surface area contributed by atoms with Crippen LogP contribution < -0.4 is 0 Å². The molecule has 0 aliphatic rings. The minimum atomic E-state index is -4.36. The van der Waals surface area contributed by atoms with Gasteiger partial charge < -0.3 is 9.47 Å². The Morgan fingerprint density at radius 2 is 1.92 bits per heavy atom. The molecular formula is C5H11ClFO4P. The van der Waals surface area contributed by atoms with Crippen molar-refractivity contribution >= 4 is 18.3 Å². The van der Waals surface area contributed by atoms with Gasteiger partial charge in [0.15, 0.2) is 0 Å². The van der Waals surface area contributed by atoms with Gasteiger partial charge in [-0.15, -0.1) is 4.20 Å². The van der Waals surface area contributed by atoms with Gasteiger partial charge in [-0.05, 0) is 0 Å². The molecule has 0 aromatic rings. The van der Waals surface area contributed by atoms with Crippen molar-refractivity contribution in [3.63, 3.8) is 0 Å². The first-order valence-electron chi connectivity index (χ1n) is 3.27. The molecule has 0 aromatic heterocycles. The first-order chi connectivity index (χ1) is 5.56. The summed E-state index contributed by atoms with van der Waals surface area (Å²) in [5, 5.41) is 0. The third-order valence-electron chi connectivity index (χ3n) is 0.901. The van der Waals surface area contributed by atoms with Crippen molar-refractivity contribution in [2.75, 3.05) is 33.5 Å². The Morgan fingerprint density at radius 1 is 1.33 bits per heavy atom. The summed E-state index contributed by atoms with van der Waals surface area (Å²) in [6.07, 6.45) is 0. The Morgan fingerprint density at radius 3 is 2.42 bits per heavy atom. The zero-order valence-electron chi connectivity index (χ0n) is 6.66. The quantitative estimate of drug-likeness (QED) is 0.486. The second-order valence-corrected chi connectivity index (χ2v) is 4.15. The van der Waals surface area contributed by atoms with Crippen LogP contribution in [0.3, 0.4) is 0 Å². The third kappa shape index (κ3) is 10.3. The lowest BCUT2D eigenvalue weighted by atomic mass is 10.7. The second kappa shape index (κ2) is 6.80. The Bertz CT molecular complexity index is 150. The standard InChI is InChI=1S/C5H11ClFO4P/c1-9-2-3-10-4-5-11-12(6,7)8/h2-5H2,1H3. The van der Waals surface area contributed by atoms with Crippen LogP contribution in [0.1, 0.15) is 0 Å². The average Bonchev–Trinajstić information content (AvgIpc) is 1.94. The zero-order chi connectivity index (χ0) is 9.45. The maximum atomic E-state index is 12.0. The fourth-order valence-corrected chi connectivity index (χ4v) is 0.941. The van der Waals surface area contributed by atoms with Crippen LogP contribution in [0.5, 0.6) is 0 Å². The van der Waals surface area contributed by atoms with Crippen molar-refractivity contribution in [1.29, 1.82) is 0 Å². The van der Waals surface area contributed by atoms with E-state index in [4.69, 9.17) is 4.74 Å². The van der Waals surface area contributed by atoms with Crippen molar-refractivity contribution in [1.82, 2.24) is 0 Å². The fraction of sp³-hybridized carbons (Fsp3) is 1.00. The molecule has 0 aliphatic heterocycles. The normalized spacial score (nSPS) is 15.9. The third-order valence-corrected chi connectivity index (χ3v) is 1.68. The summed E-state index contributed by atoms with van der Waals surface area (Å²) in [6, 6.07) is 0. The van der Waals surface area contributed by atoms with Crippen molar-refractivity contribution in [2.24, 2.45) is 0 Å². The number of hydrogen-bond acceptors (Lipinski definition) is 4. The lowest BCUT2D eigenvalue weighted by molar-refractivity contribution is 0.0543. The van der Waals surface area contributed by atoms with E-state index >= 15 is 0 Å². The molecule has 0 saturated heterocycles. The Balaban J connectivity index is 3.06. The molecule has 0 aliphatic carbocycles. The first-order valence-corrected chi connectivity index (χ1v) is 5.69. The molecule has 0 rings (SSSR count). The number of ether oxygens (including phenoxy) is 2. The van der Waals surface area contributed by atoms with Crippen molar-refractivity contribution in [2.45, 2.75) is 0 Å². The van der Waals surface area contributed by atoms with E-state index in [1.807, 2.05) is 0 Å². The van der Waals surface area contributed by atoms with Crippen molar-refractivity contribution < 1.29 is 22.8 Å². The van der Waals surface area contributed by atoms with Gasteiger partial charge in [0.25, 0.3) is 0 Å². The zero-order valence-corrected chi connectivity index (χ0v) is 8.31. The molecule has 4 nitrogen and oxygen atoms in total. The van der Waals surface area contributed by atoms with Gasteiger partial charge in [0.05, 0.1) is 26.4 Å². The Labute approximate surface area is 75.3 Å². The number of halogens is 2. The SMILES string of the molecule is COCCOCCOP(=O)(F)Cl. The molecule has 0 fully saturated rings. The fourth-order valence-electron chi connectivity index (χ4n) is 0.447. The molecule has 0 spiro atoms. The van der Waals surface area contributed by atoms with E-state index in [1.54, 1.807) is 0 Å². The van der Waals surface area contributed by atoms with Gasteiger partial charge in [-0.25, -0.2) is 4.57 Å². The summed E-state index contributed by atoms with van der Waals surface area (Å²) in [5.74, 6) is 0. The van der Waals surface area contributed by atoms with Gasteiger partial charge in [-0.1, -0.05) is 0 Å². The Kier molecular flexibility index (Phi) is 6.99. The summed E-state index contributed by atoms with van der Waals surface area (Å²) < 4.78 is 35.7. The van der Waals surface area contributed by atoms with Crippen molar-refractivity contribution in [3.8, 4) is 0 Å². The van der Waals surface area contributed by atoms with Gasteiger partial charge in [-0.2, -0.15) is 0 Å². The van der Waals surface area contributed by atoms with Crippen molar-refractivity contribution in [3.05, 3.63) is 0 Å². The van der Waals surface area contributed by atoms with E-state index in [0.717, 1.165) is 0 Å². The molecule has 0 heterocycles. The van der Waals surface area contributed by atoms with Crippen LogP contribution in [0, 0.1) is 0 Å². The van der Waals surface area contributed by atoms with Crippen LogP contribution in [0.4, 0.5) is 4.20 Å². The lowest BCUT2D eigenvalue weighted by Gasteiger charge is -2.03. The highest BCUT2D eigenvalue weighted by Crippen LogP contribution is 2.53. The predicted molar refractivity (Wildman–Crippen MR) is 43.2 cm³/mol. The van der Waals surface area contributed by atoms with Crippen LogP contribution in [0.2, 0.25) is 0 Å². The predicted octanol–water partition coefficient (Wildman–Crippen LogP) is 1.98. The molecule has 1 unspecified atom stereocenters. The van der Waals surface area contributed by atoms with E-state index in [0.29, 0.717) is 13.2 Å². The van der Waals surface area contributed by atoms with Crippen LogP contribution in [0.15, 0.2) is 0 Å². The molecule has 0 saturated carbocycles. The van der Waals surface area contributed by atoms with Crippen LogP contribution in [0.25, 0.3) is 0 Å². The molecule has 0 aromatic carbocycles. The highest BCUT2D eigenvalue weighted by molar-refractivity contribution is 7.81. The molecule has 0 amide bonds. The van der Waals surface area contributed by atoms with Gasteiger partial charge in [-0.3, -0.25) is 4.52 Å². The summed E-state index contributed by atoms with van der Waals surface area (Å²) in [7, 11) is -2.82. The van der Waals surface area contributed by atoms with E-state index < -0.39 is 7.03 Å². The highest BCUT2D eigenvalue weighted by Gasteiger charge is 2.15. The molecule has 1 atom stereocenters. The molecule has 12 heavy (non-hydrogen) atoms. The van der Waals surface area contributed by atoms with E-state index in [9.17, 15) is 8.76 Å². The number of rotatable bonds is 7. The van der Waals surface area contributed by atoms with Crippen LogP contribution in [-0.2, 0) is 18.6 Å². The topological polar surface area (TPSA) is 44.8 Å². The molecule has 74 valence electrons. The largest absolute Gasteiger partial charge is 0.461 e. The van der Waals surface area contributed by atoms with Crippen LogP contribution in [-0.4, -0.2) is 33.5 Å². The first kappa shape index (κ1) is 12.3. The molecule has 0 bridgehead atoms. The maximum absolute atomic E-state index is 12.0. The summed E-state index contributed by atoms with van der Waals surface area (Å²) in [6.45, 7) is 0.859. The second-order valence-electron chi connectivity index (χ2n) is 1.85. The van der Waals surface area contributed by atoms with E-state index in [2.05, 4.69) is 20.5 Å². The molecule has 0 N–H and O–H groups in total.